The first kappa shape index (κ1) is 23.6. The molecule has 1 aliphatic rings. The molecule has 1 amide bonds. The molecule has 0 unspecified atom stereocenters. The fourth-order valence-corrected chi connectivity index (χ4v) is 4.51. The largest absolute Gasteiger partial charge is 0.325 e. The summed E-state index contributed by atoms with van der Waals surface area (Å²) in [6, 6.07) is 17.2. The average molecular weight is 496 g/mol. The Balaban J connectivity index is 1.59. The Morgan fingerprint density at radius 1 is 0.970 bits per heavy atom. The van der Waals surface area contributed by atoms with Crippen LogP contribution < -0.4 is 5.32 Å². The predicted octanol–water partition coefficient (Wildman–Crippen LogP) is 7.85. The van der Waals surface area contributed by atoms with Crippen molar-refractivity contribution in [2.45, 2.75) is 27.2 Å². The first-order chi connectivity index (χ1) is 15.8. The average Bonchev–Trinajstić information content (AvgIpc) is 2.95. The maximum absolute atomic E-state index is 12.7. The minimum absolute atomic E-state index is 0.109. The summed E-state index contributed by atoms with van der Waals surface area (Å²) in [7, 11) is 0. The first-order valence-corrected chi connectivity index (χ1v) is 12.2. The van der Waals surface area contributed by atoms with Crippen molar-refractivity contribution in [2.24, 2.45) is 9.98 Å². The molecule has 4 nitrogen and oxygen atoms in total. The Morgan fingerprint density at radius 2 is 1.64 bits per heavy atom. The van der Waals surface area contributed by atoms with E-state index in [-0.39, 0.29) is 11.7 Å². The molecule has 4 rings (SSSR count). The van der Waals surface area contributed by atoms with Crippen molar-refractivity contribution >= 4 is 68.7 Å². The van der Waals surface area contributed by atoms with Crippen LogP contribution in [0.1, 0.15) is 28.7 Å². The van der Waals surface area contributed by atoms with Crippen molar-refractivity contribution in [3.63, 3.8) is 0 Å². The highest BCUT2D eigenvalue weighted by atomic mass is 35.5. The lowest BCUT2D eigenvalue weighted by Crippen LogP contribution is -2.17. The third kappa shape index (κ3) is 5.67. The van der Waals surface area contributed by atoms with E-state index < -0.39 is 0 Å². The third-order valence-corrected chi connectivity index (χ3v) is 7.14. The SMILES string of the molecule is Cc1cc2c(cc1C)N=C(c1ccc(Cl)cc1)CC(SCC(=O)Nc1cccc(Cl)c1C)=N2. The summed E-state index contributed by atoms with van der Waals surface area (Å²) < 4.78 is 0. The van der Waals surface area contributed by atoms with E-state index in [1.54, 1.807) is 6.07 Å². The van der Waals surface area contributed by atoms with Gasteiger partial charge >= 0.3 is 0 Å². The molecule has 0 aromatic heterocycles. The second-order valence-electron chi connectivity index (χ2n) is 7.92. The number of nitrogens with one attached hydrogen (secondary N) is 1. The lowest BCUT2D eigenvalue weighted by atomic mass is 10.1. The van der Waals surface area contributed by atoms with Crippen LogP contribution in [0.25, 0.3) is 0 Å². The van der Waals surface area contributed by atoms with Crippen LogP contribution in [0.3, 0.4) is 0 Å². The van der Waals surface area contributed by atoms with Gasteiger partial charge in [0.05, 0.1) is 27.9 Å². The lowest BCUT2D eigenvalue weighted by Gasteiger charge is -2.10. The summed E-state index contributed by atoms with van der Waals surface area (Å²) >= 11 is 13.7. The molecule has 1 heterocycles. The van der Waals surface area contributed by atoms with Gasteiger partial charge in [0.1, 0.15) is 0 Å². The number of carbonyl (C=O) groups excluding carboxylic acids is 1. The second kappa shape index (κ2) is 10.1. The number of hydrogen-bond acceptors (Lipinski definition) is 4. The van der Waals surface area contributed by atoms with Crippen molar-refractivity contribution in [1.29, 1.82) is 0 Å². The predicted molar refractivity (Wildman–Crippen MR) is 143 cm³/mol. The highest BCUT2D eigenvalue weighted by molar-refractivity contribution is 8.14. The van der Waals surface area contributed by atoms with E-state index in [1.165, 1.54) is 11.8 Å². The van der Waals surface area contributed by atoms with Gasteiger partial charge in [0.15, 0.2) is 0 Å². The third-order valence-electron chi connectivity index (χ3n) is 5.50. The van der Waals surface area contributed by atoms with E-state index in [0.29, 0.717) is 16.5 Å². The van der Waals surface area contributed by atoms with Crippen LogP contribution in [0.15, 0.2) is 64.6 Å². The van der Waals surface area contributed by atoms with Gasteiger partial charge in [-0.15, -0.1) is 11.8 Å². The zero-order valence-corrected chi connectivity index (χ0v) is 20.9. The summed E-state index contributed by atoms with van der Waals surface area (Å²) in [6.45, 7) is 6.02. The molecule has 168 valence electrons. The van der Waals surface area contributed by atoms with Crippen LogP contribution in [0, 0.1) is 20.8 Å². The molecule has 0 radical (unpaired) electrons. The number of benzene rings is 3. The number of carbonyl (C=O) groups is 1. The van der Waals surface area contributed by atoms with Gasteiger partial charge in [-0.25, -0.2) is 4.99 Å². The van der Waals surface area contributed by atoms with Crippen molar-refractivity contribution in [2.75, 3.05) is 11.1 Å². The molecule has 0 saturated carbocycles. The van der Waals surface area contributed by atoms with Crippen molar-refractivity contribution in [1.82, 2.24) is 0 Å². The van der Waals surface area contributed by atoms with Crippen molar-refractivity contribution in [3.8, 4) is 0 Å². The van der Waals surface area contributed by atoms with E-state index >= 15 is 0 Å². The molecule has 0 saturated heterocycles. The number of aliphatic imine (C=N–C) groups is 2. The zero-order chi connectivity index (χ0) is 23.5. The Kier molecular flexibility index (Phi) is 7.23. The second-order valence-corrected chi connectivity index (χ2v) is 9.81. The van der Waals surface area contributed by atoms with Crippen molar-refractivity contribution in [3.05, 3.63) is 86.9 Å². The van der Waals surface area contributed by atoms with Gasteiger partial charge in [-0.2, -0.15) is 0 Å². The highest BCUT2D eigenvalue weighted by Gasteiger charge is 2.18. The minimum Gasteiger partial charge on any atom is -0.325 e. The fraction of sp³-hybridized carbons (Fsp3) is 0.192. The van der Waals surface area contributed by atoms with Crippen LogP contribution in [0.2, 0.25) is 10.0 Å². The van der Waals surface area contributed by atoms with Gasteiger partial charge in [-0.1, -0.05) is 41.4 Å². The number of hydrogen-bond donors (Lipinski definition) is 1. The Labute approximate surface area is 208 Å². The molecular formula is C26H23Cl2N3OS. The Morgan fingerprint density at radius 3 is 2.33 bits per heavy atom. The van der Waals surface area contributed by atoms with Gasteiger partial charge in [0, 0.05) is 22.2 Å². The number of nitrogens with zero attached hydrogens (tertiary/aromatic N) is 2. The molecule has 0 spiro atoms. The molecule has 3 aromatic carbocycles. The van der Waals surface area contributed by atoms with Gasteiger partial charge in [-0.3, -0.25) is 9.79 Å². The van der Waals surface area contributed by atoms with E-state index in [1.807, 2.05) is 43.3 Å². The number of rotatable bonds is 4. The van der Waals surface area contributed by atoms with Gasteiger partial charge in [-0.05, 0) is 79.4 Å². The van der Waals surface area contributed by atoms with E-state index in [4.69, 9.17) is 33.2 Å². The number of thioether (sulfide) groups is 1. The molecule has 1 N–H and O–H groups in total. The molecule has 1 aliphatic heterocycles. The quantitative estimate of drug-likeness (QED) is 0.400. The van der Waals surface area contributed by atoms with Crippen LogP contribution in [-0.2, 0) is 4.79 Å². The highest BCUT2D eigenvalue weighted by Crippen LogP contribution is 2.36. The van der Waals surface area contributed by atoms with Gasteiger partial charge in [0.25, 0.3) is 0 Å². The Bertz CT molecular complexity index is 1280. The summed E-state index contributed by atoms with van der Waals surface area (Å²) in [5, 5.41) is 5.09. The molecule has 33 heavy (non-hydrogen) atoms. The van der Waals surface area contributed by atoms with Crippen LogP contribution >= 0.6 is 35.0 Å². The van der Waals surface area contributed by atoms with Gasteiger partial charge < -0.3 is 5.32 Å². The summed E-state index contributed by atoms with van der Waals surface area (Å²) in [6.07, 6.45) is 0.530. The molecule has 7 heteroatoms. The monoisotopic (exact) mass is 495 g/mol. The normalized spacial score (nSPS) is 13.0. The van der Waals surface area contributed by atoms with E-state index in [2.05, 4.69) is 31.3 Å². The maximum Gasteiger partial charge on any atom is 0.234 e. The summed E-state index contributed by atoms with van der Waals surface area (Å²) in [4.78, 5) is 22.5. The molecule has 0 atom stereocenters. The van der Waals surface area contributed by atoms with E-state index in [0.717, 1.165) is 50.1 Å². The standard InChI is InChI=1S/C26H23Cl2N3OS/c1-15-11-23-24(12-16(15)2)31-26(13-22(29-23)18-7-9-19(27)10-8-18)33-14-25(32)30-21-6-4-5-20(28)17(21)3/h4-12H,13-14H2,1-3H3,(H,30,32). The summed E-state index contributed by atoms with van der Waals surface area (Å²) in [5.74, 6) is 0.126. The fourth-order valence-electron chi connectivity index (χ4n) is 3.44. The molecular weight excluding hydrogens is 473 g/mol. The molecule has 0 aliphatic carbocycles. The number of amides is 1. The minimum atomic E-state index is -0.109. The summed E-state index contributed by atoms with van der Waals surface area (Å²) in [5.41, 5.74) is 7.41. The van der Waals surface area contributed by atoms with Crippen LogP contribution in [0.5, 0.6) is 0 Å². The Hall–Kier alpha value is -2.60. The number of anilines is 1. The molecule has 0 fully saturated rings. The lowest BCUT2D eigenvalue weighted by molar-refractivity contribution is -0.113. The zero-order valence-electron chi connectivity index (χ0n) is 18.6. The number of aryl methyl sites for hydroxylation is 2. The van der Waals surface area contributed by atoms with Crippen LogP contribution in [0.4, 0.5) is 17.1 Å². The molecule has 0 bridgehead atoms. The molecule has 3 aromatic rings. The maximum atomic E-state index is 12.7. The number of halogens is 2. The van der Waals surface area contributed by atoms with E-state index in [9.17, 15) is 4.79 Å². The van der Waals surface area contributed by atoms with Crippen LogP contribution in [-0.4, -0.2) is 22.4 Å². The van der Waals surface area contributed by atoms with Gasteiger partial charge in [0.2, 0.25) is 5.91 Å². The number of fused-ring (bicyclic) bond motifs is 1. The topological polar surface area (TPSA) is 53.8 Å². The first-order valence-electron chi connectivity index (χ1n) is 10.5. The van der Waals surface area contributed by atoms with Crippen molar-refractivity contribution < 1.29 is 4.79 Å². The smallest absolute Gasteiger partial charge is 0.234 e.